The highest BCUT2D eigenvalue weighted by Crippen LogP contribution is 2.23. The Labute approximate surface area is 170 Å². The first-order chi connectivity index (χ1) is 13.7. The number of nitrogens with zero attached hydrogens (tertiary/aromatic N) is 3. The Morgan fingerprint density at radius 3 is 3.00 bits per heavy atom. The smallest absolute Gasteiger partial charge is 0.191 e. The van der Waals surface area contributed by atoms with Gasteiger partial charge in [0.25, 0.3) is 0 Å². The van der Waals surface area contributed by atoms with Crippen LogP contribution in [0.1, 0.15) is 46.0 Å². The lowest BCUT2D eigenvalue weighted by atomic mass is 9.95. The van der Waals surface area contributed by atoms with Crippen molar-refractivity contribution in [1.82, 2.24) is 20.2 Å². The average molecular weight is 404 g/mol. The fraction of sp³-hybridized carbons (Fsp3) is 0.619. The van der Waals surface area contributed by atoms with Crippen LogP contribution in [-0.2, 0) is 17.3 Å². The number of aliphatic imine (C=N–C) groups is 1. The zero-order chi connectivity index (χ0) is 19.8. The summed E-state index contributed by atoms with van der Waals surface area (Å²) in [6, 6.07) is 8.58. The van der Waals surface area contributed by atoms with Crippen LogP contribution in [0.3, 0.4) is 0 Å². The molecule has 0 radical (unpaired) electrons. The topological polar surface area (TPSA) is 71.3 Å². The predicted octanol–water partition coefficient (Wildman–Crippen LogP) is 3.06. The molecule has 1 fully saturated rings. The zero-order valence-corrected chi connectivity index (χ0v) is 17.9. The van der Waals surface area contributed by atoms with Crippen LogP contribution in [0.15, 0.2) is 35.6 Å². The van der Waals surface area contributed by atoms with Crippen LogP contribution in [0.25, 0.3) is 11.0 Å². The van der Waals surface area contributed by atoms with Gasteiger partial charge < -0.3 is 15.2 Å². The molecule has 3 unspecified atom stereocenters. The Bertz CT molecular complexity index is 803. The molecule has 2 N–H and O–H groups in total. The molecule has 1 saturated carbocycles. The Morgan fingerprint density at radius 1 is 1.32 bits per heavy atom. The second-order valence-electron chi connectivity index (χ2n) is 7.34. The minimum Gasteiger partial charge on any atom is -0.357 e. The summed E-state index contributed by atoms with van der Waals surface area (Å²) in [6.07, 6.45) is 7.21. The summed E-state index contributed by atoms with van der Waals surface area (Å²) in [5.74, 6) is 1.64. The van der Waals surface area contributed by atoms with Crippen LogP contribution in [0.4, 0.5) is 0 Å². The summed E-state index contributed by atoms with van der Waals surface area (Å²) in [5, 5.41) is 7.26. The first kappa shape index (κ1) is 20.8. The van der Waals surface area contributed by atoms with Crippen molar-refractivity contribution in [1.29, 1.82) is 0 Å². The number of nitrogens with one attached hydrogen (secondary N) is 2. The SMILES string of the molecule is CCNC(=NCCCn1cnc2ccccc21)NC1CCCC(S(=O)CC)C1. The van der Waals surface area contributed by atoms with E-state index in [1.807, 2.05) is 25.4 Å². The van der Waals surface area contributed by atoms with Crippen LogP contribution >= 0.6 is 0 Å². The molecule has 0 bridgehead atoms. The minimum atomic E-state index is -0.697. The summed E-state index contributed by atoms with van der Waals surface area (Å²) in [7, 11) is -0.697. The molecule has 1 aliphatic carbocycles. The fourth-order valence-corrected chi connectivity index (χ4v) is 5.23. The average Bonchev–Trinajstić information content (AvgIpc) is 3.14. The number of aryl methyl sites for hydroxylation is 1. The molecule has 28 heavy (non-hydrogen) atoms. The molecule has 1 aromatic carbocycles. The van der Waals surface area contributed by atoms with Gasteiger partial charge in [0.1, 0.15) is 0 Å². The summed E-state index contributed by atoms with van der Waals surface area (Å²) < 4.78 is 14.4. The highest BCUT2D eigenvalue weighted by molar-refractivity contribution is 7.85. The summed E-state index contributed by atoms with van der Waals surface area (Å²) >= 11 is 0. The van der Waals surface area contributed by atoms with E-state index < -0.39 is 10.8 Å². The molecule has 1 heterocycles. The number of aromatic nitrogens is 2. The summed E-state index contributed by atoms with van der Waals surface area (Å²) in [4.78, 5) is 9.21. The molecule has 1 aliphatic rings. The van der Waals surface area contributed by atoms with Gasteiger partial charge in [0.05, 0.1) is 17.4 Å². The number of hydrogen-bond acceptors (Lipinski definition) is 3. The van der Waals surface area contributed by atoms with E-state index in [0.717, 1.165) is 69.0 Å². The van der Waals surface area contributed by atoms with E-state index in [2.05, 4.69) is 39.2 Å². The van der Waals surface area contributed by atoms with E-state index in [4.69, 9.17) is 4.99 Å². The van der Waals surface area contributed by atoms with Crippen LogP contribution in [-0.4, -0.2) is 49.9 Å². The van der Waals surface area contributed by atoms with Gasteiger partial charge in [0.2, 0.25) is 0 Å². The van der Waals surface area contributed by atoms with E-state index in [0.29, 0.717) is 11.3 Å². The number of rotatable bonds is 8. The van der Waals surface area contributed by atoms with Crippen molar-refractivity contribution < 1.29 is 4.21 Å². The quantitative estimate of drug-likeness (QED) is 0.404. The second kappa shape index (κ2) is 10.6. The minimum absolute atomic E-state index is 0.327. The first-order valence-corrected chi connectivity index (χ1v) is 11.9. The lowest BCUT2D eigenvalue weighted by molar-refractivity contribution is 0.413. The number of fused-ring (bicyclic) bond motifs is 1. The molecule has 0 aliphatic heterocycles. The molecule has 0 saturated heterocycles. The van der Waals surface area contributed by atoms with E-state index in [-0.39, 0.29) is 0 Å². The predicted molar refractivity (Wildman–Crippen MR) is 118 cm³/mol. The molecule has 1 aromatic heterocycles. The van der Waals surface area contributed by atoms with Crippen molar-refractivity contribution in [2.75, 3.05) is 18.8 Å². The highest BCUT2D eigenvalue weighted by Gasteiger charge is 2.25. The van der Waals surface area contributed by atoms with Crippen molar-refractivity contribution in [2.24, 2.45) is 4.99 Å². The number of para-hydroxylation sites is 2. The summed E-state index contributed by atoms with van der Waals surface area (Å²) in [5.41, 5.74) is 2.21. The van der Waals surface area contributed by atoms with Crippen LogP contribution in [0, 0.1) is 0 Å². The summed E-state index contributed by atoms with van der Waals surface area (Å²) in [6.45, 7) is 6.62. The number of benzene rings is 1. The van der Waals surface area contributed by atoms with E-state index in [9.17, 15) is 4.21 Å². The van der Waals surface area contributed by atoms with Crippen molar-refractivity contribution in [3.05, 3.63) is 30.6 Å². The molecular weight excluding hydrogens is 370 g/mol. The Morgan fingerprint density at radius 2 is 2.18 bits per heavy atom. The molecule has 2 aromatic rings. The molecule has 154 valence electrons. The van der Waals surface area contributed by atoms with Crippen molar-refractivity contribution in [2.45, 2.75) is 63.8 Å². The fourth-order valence-electron chi connectivity index (χ4n) is 3.88. The standard InChI is InChI=1S/C21H33N5OS/c1-3-22-21(25-17-9-7-10-18(15-17)28(27)4-2)23-13-8-14-26-16-24-19-11-5-6-12-20(19)26/h5-6,11-12,16-18H,3-4,7-10,13-15H2,1-2H3,(H2,22,23,25). The maximum Gasteiger partial charge on any atom is 0.191 e. The van der Waals surface area contributed by atoms with Crippen molar-refractivity contribution >= 4 is 27.8 Å². The van der Waals surface area contributed by atoms with Crippen molar-refractivity contribution in [3.63, 3.8) is 0 Å². The van der Waals surface area contributed by atoms with E-state index in [1.54, 1.807) is 0 Å². The monoisotopic (exact) mass is 403 g/mol. The maximum absolute atomic E-state index is 12.2. The van der Waals surface area contributed by atoms with E-state index in [1.165, 1.54) is 5.52 Å². The number of guanidine groups is 1. The molecular formula is C21H33N5OS. The molecule has 3 atom stereocenters. The lowest BCUT2D eigenvalue weighted by Crippen LogP contribution is -2.46. The molecule has 0 amide bonds. The lowest BCUT2D eigenvalue weighted by Gasteiger charge is -2.30. The third-order valence-corrected chi connectivity index (χ3v) is 7.06. The Hall–Kier alpha value is -1.89. The second-order valence-corrected chi connectivity index (χ2v) is 9.35. The van der Waals surface area contributed by atoms with Gasteiger partial charge in [0, 0.05) is 47.5 Å². The van der Waals surface area contributed by atoms with Crippen LogP contribution < -0.4 is 10.6 Å². The van der Waals surface area contributed by atoms with Gasteiger partial charge in [-0.3, -0.25) is 9.20 Å². The number of imidazole rings is 1. The van der Waals surface area contributed by atoms with Crippen LogP contribution in [0.2, 0.25) is 0 Å². The Balaban J connectivity index is 1.51. The van der Waals surface area contributed by atoms with E-state index >= 15 is 0 Å². The van der Waals surface area contributed by atoms with Gasteiger partial charge in [-0.1, -0.05) is 25.5 Å². The van der Waals surface area contributed by atoms with Gasteiger partial charge in [-0.2, -0.15) is 0 Å². The van der Waals surface area contributed by atoms with Gasteiger partial charge >= 0.3 is 0 Å². The largest absolute Gasteiger partial charge is 0.357 e. The van der Waals surface area contributed by atoms with Gasteiger partial charge in [-0.05, 0) is 44.7 Å². The molecule has 0 spiro atoms. The normalized spacial score (nSPS) is 21.6. The molecule has 6 nitrogen and oxygen atoms in total. The van der Waals surface area contributed by atoms with Gasteiger partial charge in [0.15, 0.2) is 5.96 Å². The number of hydrogen-bond donors (Lipinski definition) is 2. The van der Waals surface area contributed by atoms with Crippen LogP contribution in [0.5, 0.6) is 0 Å². The highest BCUT2D eigenvalue weighted by atomic mass is 32.2. The third kappa shape index (κ3) is 5.56. The first-order valence-electron chi connectivity index (χ1n) is 10.5. The zero-order valence-electron chi connectivity index (χ0n) is 17.1. The van der Waals surface area contributed by atoms with Gasteiger partial charge in [-0.15, -0.1) is 0 Å². The van der Waals surface area contributed by atoms with Crippen molar-refractivity contribution in [3.8, 4) is 0 Å². The maximum atomic E-state index is 12.2. The van der Waals surface area contributed by atoms with Gasteiger partial charge in [-0.25, -0.2) is 4.98 Å². The molecule has 7 heteroatoms. The Kier molecular flexibility index (Phi) is 7.89. The third-order valence-electron chi connectivity index (χ3n) is 5.32. The molecule has 3 rings (SSSR count).